The zero-order valence-corrected chi connectivity index (χ0v) is 16.9. The van der Waals surface area contributed by atoms with E-state index in [-0.39, 0.29) is 27.3 Å². The zero-order valence-electron chi connectivity index (χ0n) is 14.6. The van der Waals surface area contributed by atoms with Crippen LogP contribution in [-0.2, 0) is 10.0 Å². The number of anilines is 1. The fourth-order valence-electron chi connectivity index (χ4n) is 2.38. The molecule has 0 bridgehead atoms. The van der Waals surface area contributed by atoms with Gasteiger partial charge in [-0.15, -0.1) is 0 Å². The SMILES string of the molecule is CC(=O)c1c[nH]c2cc(NS(=O)(=O)c3cc(Cl)cc(Cl)c3)ccc12.CCO. The second-order valence-corrected chi connectivity index (χ2v) is 8.10. The van der Waals surface area contributed by atoms with Crippen LogP contribution >= 0.6 is 23.2 Å². The molecule has 0 fully saturated rings. The second-order valence-electron chi connectivity index (χ2n) is 5.55. The molecule has 0 aliphatic rings. The molecule has 0 atom stereocenters. The number of H-pyrrole nitrogens is 1. The molecule has 144 valence electrons. The van der Waals surface area contributed by atoms with E-state index in [0.717, 1.165) is 5.39 Å². The van der Waals surface area contributed by atoms with Crippen molar-refractivity contribution in [2.75, 3.05) is 11.3 Å². The minimum atomic E-state index is -3.84. The molecule has 9 heteroatoms. The fraction of sp³-hybridized carbons (Fsp3) is 0.167. The highest BCUT2D eigenvalue weighted by atomic mass is 35.5. The van der Waals surface area contributed by atoms with Crippen molar-refractivity contribution in [2.45, 2.75) is 18.7 Å². The molecule has 0 aliphatic heterocycles. The minimum Gasteiger partial charge on any atom is -0.397 e. The molecule has 3 rings (SSSR count). The Balaban J connectivity index is 0.000000817. The van der Waals surface area contributed by atoms with Gasteiger partial charge in [0.05, 0.1) is 10.6 Å². The van der Waals surface area contributed by atoms with E-state index in [1.54, 1.807) is 31.3 Å². The topological polar surface area (TPSA) is 99.3 Å². The predicted molar refractivity (Wildman–Crippen MR) is 108 cm³/mol. The molecule has 3 N–H and O–H groups in total. The van der Waals surface area contributed by atoms with Crippen molar-refractivity contribution in [2.24, 2.45) is 0 Å². The third-order valence-corrected chi connectivity index (χ3v) is 5.26. The third-order valence-electron chi connectivity index (χ3n) is 3.46. The van der Waals surface area contributed by atoms with E-state index in [1.165, 1.54) is 25.1 Å². The summed E-state index contributed by atoms with van der Waals surface area (Å²) in [6, 6.07) is 8.98. The van der Waals surface area contributed by atoms with Crippen LogP contribution in [0.1, 0.15) is 24.2 Å². The van der Waals surface area contributed by atoms with Gasteiger partial charge in [0.2, 0.25) is 0 Å². The Morgan fingerprint density at radius 3 is 2.30 bits per heavy atom. The number of halogens is 2. The molecule has 1 aromatic heterocycles. The lowest BCUT2D eigenvalue weighted by atomic mass is 10.1. The Bertz CT molecular complexity index is 1060. The molecule has 0 saturated carbocycles. The van der Waals surface area contributed by atoms with E-state index < -0.39 is 10.0 Å². The summed E-state index contributed by atoms with van der Waals surface area (Å²) in [7, 11) is -3.84. The van der Waals surface area contributed by atoms with Crippen molar-refractivity contribution >= 4 is 55.6 Å². The number of Topliss-reactive ketones (excluding diaryl/α,β-unsaturated/α-hetero) is 1. The van der Waals surface area contributed by atoms with Gasteiger partial charge in [0.1, 0.15) is 0 Å². The van der Waals surface area contributed by atoms with Crippen molar-refractivity contribution in [3.63, 3.8) is 0 Å². The normalized spacial score (nSPS) is 11.0. The van der Waals surface area contributed by atoms with E-state index in [2.05, 4.69) is 9.71 Å². The van der Waals surface area contributed by atoms with Crippen LogP contribution in [0.4, 0.5) is 5.69 Å². The number of sulfonamides is 1. The average molecular weight is 429 g/mol. The van der Waals surface area contributed by atoms with Crippen LogP contribution in [-0.4, -0.2) is 30.9 Å². The van der Waals surface area contributed by atoms with Crippen LogP contribution in [0.15, 0.2) is 47.5 Å². The van der Waals surface area contributed by atoms with Crippen molar-refractivity contribution in [1.82, 2.24) is 4.98 Å². The first kappa shape index (κ1) is 21.2. The predicted octanol–water partition coefficient (Wildman–Crippen LogP) is 4.48. The van der Waals surface area contributed by atoms with Gasteiger partial charge in [-0.3, -0.25) is 9.52 Å². The Kier molecular flexibility index (Phi) is 6.89. The van der Waals surface area contributed by atoms with Gasteiger partial charge in [-0.2, -0.15) is 0 Å². The maximum Gasteiger partial charge on any atom is 0.261 e. The van der Waals surface area contributed by atoms with Crippen LogP contribution in [0.25, 0.3) is 10.9 Å². The summed E-state index contributed by atoms with van der Waals surface area (Å²) >= 11 is 11.7. The molecule has 0 aliphatic carbocycles. The number of aliphatic hydroxyl groups excluding tert-OH is 1. The number of carbonyl (C=O) groups excluding carboxylic acids is 1. The molecule has 0 unspecified atom stereocenters. The molecule has 2 aromatic carbocycles. The third kappa shape index (κ3) is 5.23. The van der Waals surface area contributed by atoms with E-state index >= 15 is 0 Å². The molecule has 3 aromatic rings. The number of hydrogen-bond acceptors (Lipinski definition) is 4. The number of nitrogens with one attached hydrogen (secondary N) is 2. The van der Waals surface area contributed by atoms with Gasteiger partial charge in [0, 0.05) is 39.3 Å². The van der Waals surface area contributed by atoms with E-state index in [0.29, 0.717) is 16.8 Å². The number of benzene rings is 2. The standard InChI is InChI=1S/C16H12Cl2N2O3S.C2H6O/c1-9(21)15-8-19-16-7-12(2-3-14(15)16)20-24(22,23)13-5-10(17)4-11(18)6-13;1-2-3/h2-8,19-20H,1H3;3H,2H2,1H3. The van der Waals surface area contributed by atoms with E-state index in [4.69, 9.17) is 28.3 Å². The van der Waals surface area contributed by atoms with Crippen LogP contribution in [0.5, 0.6) is 0 Å². The number of rotatable bonds is 4. The summed E-state index contributed by atoms with van der Waals surface area (Å²) in [5, 5.41) is 8.76. The van der Waals surface area contributed by atoms with Crippen molar-refractivity contribution in [1.29, 1.82) is 0 Å². The smallest absolute Gasteiger partial charge is 0.261 e. The van der Waals surface area contributed by atoms with Crippen LogP contribution in [0.2, 0.25) is 10.0 Å². The van der Waals surface area contributed by atoms with Gasteiger partial charge in [0.25, 0.3) is 10.0 Å². The highest BCUT2D eigenvalue weighted by molar-refractivity contribution is 7.92. The Hall–Kier alpha value is -2.06. The lowest BCUT2D eigenvalue weighted by molar-refractivity contribution is 0.101. The highest BCUT2D eigenvalue weighted by Gasteiger charge is 2.17. The Labute approximate surface area is 167 Å². The summed E-state index contributed by atoms with van der Waals surface area (Å²) in [6.45, 7) is 3.40. The largest absolute Gasteiger partial charge is 0.397 e. The maximum atomic E-state index is 12.5. The second kappa shape index (κ2) is 8.75. The van der Waals surface area contributed by atoms with Gasteiger partial charge >= 0.3 is 0 Å². The Morgan fingerprint density at radius 2 is 1.74 bits per heavy atom. The lowest BCUT2D eigenvalue weighted by Crippen LogP contribution is -2.12. The van der Waals surface area contributed by atoms with Gasteiger partial charge in [-0.25, -0.2) is 8.42 Å². The van der Waals surface area contributed by atoms with Crippen LogP contribution in [0, 0.1) is 0 Å². The molecule has 0 radical (unpaired) electrons. The molecular formula is C18H18Cl2N2O4S. The Morgan fingerprint density at radius 1 is 1.15 bits per heavy atom. The first-order valence-corrected chi connectivity index (χ1v) is 10.1. The van der Waals surface area contributed by atoms with Gasteiger partial charge < -0.3 is 10.1 Å². The fourth-order valence-corrected chi connectivity index (χ4v) is 4.15. The van der Waals surface area contributed by atoms with Gasteiger partial charge in [-0.1, -0.05) is 29.3 Å². The van der Waals surface area contributed by atoms with Crippen molar-refractivity contribution in [3.8, 4) is 0 Å². The van der Waals surface area contributed by atoms with Crippen LogP contribution < -0.4 is 4.72 Å². The molecular weight excluding hydrogens is 411 g/mol. The average Bonchev–Trinajstić information content (AvgIpc) is 2.97. The first-order valence-electron chi connectivity index (χ1n) is 7.89. The number of hydrogen-bond donors (Lipinski definition) is 3. The van der Waals surface area contributed by atoms with E-state index in [9.17, 15) is 13.2 Å². The summed E-state index contributed by atoms with van der Waals surface area (Å²) in [6.07, 6.45) is 1.60. The summed E-state index contributed by atoms with van der Waals surface area (Å²) in [4.78, 5) is 14.5. The lowest BCUT2D eigenvalue weighted by Gasteiger charge is -2.09. The minimum absolute atomic E-state index is 0.0315. The highest BCUT2D eigenvalue weighted by Crippen LogP contribution is 2.26. The van der Waals surface area contributed by atoms with Crippen molar-refractivity contribution < 1.29 is 18.3 Å². The zero-order chi connectivity index (χ0) is 20.2. The summed E-state index contributed by atoms with van der Waals surface area (Å²) in [5.41, 5.74) is 1.57. The van der Waals surface area contributed by atoms with Crippen molar-refractivity contribution in [3.05, 3.63) is 58.2 Å². The maximum absolute atomic E-state index is 12.5. The van der Waals surface area contributed by atoms with Gasteiger partial charge in [-0.05, 0) is 44.2 Å². The molecule has 1 heterocycles. The number of carbonyl (C=O) groups is 1. The van der Waals surface area contributed by atoms with Crippen LogP contribution in [0.3, 0.4) is 0 Å². The quantitative estimate of drug-likeness (QED) is 0.533. The van der Waals surface area contributed by atoms with E-state index in [1.807, 2.05) is 0 Å². The number of aromatic amines is 1. The monoisotopic (exact) mass is 428 g/mol. The molecule has 27 heavy (non-hydrogen) atoms. The number of aromatic nitrogens is 1. The summed E-state index contributed by atoms with van der Waals surface area (Å²) < 4.78 is 27.4. The number of fused-ring (bicyclic) bond motifs is 1. The molecule has 6 nitrogen and oxygen atoms in total. The molecule has 0 saturated heterocycles. The number of ketones is 1. The first-order chi connectivity index (χ1) is 12.7. The molecule has 0 spiro atoms. The number of aliphatic hydroxyl groups is 1. The summed E-state index contributed by atoms with van der Waals surface area (Å²) in [5.74, 6) is -0.0665. The molecule has 0 amide bonds. The van der Waals surface area contributed by atoms with Gasteiger partial charge in [0.15, 0.2) is 5.78 Å².